The molecule has 1 N–H and O–H groups in total. The summed E-state index contributed by atoms with van der Waals surface area (Å²) in [6.07, 6.45) is -0.957. The van der Waals surface area contributed by atoms with Gasteiger partial charge in [-0.1, -0.05) is 54.6 Å². The third kappa shape index (κ3) is 3.21. The molecule has 0 saturated carbocycles. The standard InChI is InChI=1S/C23H22N2O3/c1-27-20-14-8-11-17(22(20)28-2)21(26)23-24-18-12-6-7-13-19(18)25(23)15-16-9-4-3-5-10-16/h3-14,21,26H,15H2,1-2H3. The Bertz CT molecular complexity index is 1090. The molecule has 1 unspecified atom stereocenters. The van der Waals surface area contributed by atoms with E-state index in [1.807, 2.05) is 65.2 Å². The molecule has 0 saturated heterocycles. The number of ether oxygens (including phenoxy) is 2. The molecule has 0 amide bonds. The van der Waals surface area contributed by atoms with Crippen molar-refractivity contribution in [2.24, 2.45) is 0 Å². The quantitative estimate of drug-likeness (QED) is 0.550. The number of benzene rings is 3. The lowest BCUT2D eigenvalue weighted by molar-refractivity contribution is 0.199. The molecule has 3 aromatic carbocycles. The Morgan fingerprint density at radius 3 is 2.39 bits per heavy atom. The molecule has 4 aromatic rings. The first-order chi connectivity index (χ1) is 13.7. The molecule has 1 aromatic heterocycles. The smallest absolute Gasteiger partial charge is 0.166 e. The fraction of sp³-hybridized carbons (Fsp3) is 0.174. The van der Waals surface area contributed by atoms with Crippen molar-refractivity contribution in [1.82, 2.24) is 9.55 Å². The molecule has 4 rings (SSSR count). The molecule has 142 valence electrons. The maximum atomic E-state index is 11.3. The van der Waals surface area contributed by atoms with Crippen LogP contribution in [0.15, 0.2) is 72.8 Å². The fourth-order valence-electron chi connectivity index (χ4n) is 3.50. The van der Waals surface area contributed by atoms with E-state index < -0.39 is 6.10 Å². The van der Waals surface area contributed by atoms with E-state index >= 15 is 0 Å². The van der Waals surface area contributed by atoms with Gasteiger partial charge in [-0.15, -0.1) is 0 Å². The number of fused-ring (bicyclic) bond motifs is 1. The zero-order chi connectivity index (χ0) is 19.5. The van der Waals surface area contributed by atoms with Gasteiger partial charge in [0.2, 0.25) is 0 Å². The molecule has 0 radical (unpaired) electrons. The minimum absolute atomic E-state index is 0.510. The average Bonchev–Trinajstić information content (AvgIpc) is 3.11. The SMILES string of the molecule is COc1cccc(C(O)c2nc3ccccc3n2Cc2ccccc2)c1OC. The number of hydrogen-bond donors (Lipinski definition) is 1. The Morgan fingerprint density at radius 1 is 0.893 bits per heavy atom. The first-order valence-electron chi connectivity index (χ1n) is 9.11. The zero-order valence-electron chi connectivity index (χ0n) is 15.9. The van der Waals surface area contributed by atoms with E-state index in [-0.39, 0.29) is 0 Å². The zero-order valence-corrected chi connectivity index (χ0v) is 15.9. The van der Waals surface area contributed by atoms with E-state index in [0.717, 1.165) is 16.6 Å². The summed E-state index contributed by atoms with van der Waals surface area (Å²) in [5, 5.41) is 11.3. The van der Waals surface area contributed by atoms with Crippen LogP contribution in [0.2, 0.25) is 0 Å². The van der Waals surface area contributed by atoms with Crippen molar-refractivity contribution in [3.63, 3.8) is 0 Å². The summed E-state index contributed by atoms with van der Waals surface area (Å²) in [6, 6.07) is 23.5. The molecule has 0 fully saturated rings. The van der Waals surface area contributed by atoms with Crippen molar-refractivity contribution in [3.8, 4) is 11.5 Å². The van der Waals surface area contributed by atoms with Gasteiger partial charge >= 0.3 is 0 Å². The molecule has 0 spiro atoms. The third-order valence-corrected chi connectivity index (χ3v) is 4.84. The number of nitrogens with zero attached hydrogens (tertiary/aromatic N) is 2. The van der Waals surface area contributed by atoms with Crippen LogP contribution in [0.4, 0.5) is 0 Å². The number of methoxy groups -OCH3 is 2. The van der Waals surface area contributed by atoms with Gasteiger partial charge in [-0.2, -0.15) is 0 Å². The number of para-hydroxylation sites is 3. The number of aliphatic hydroxyl groups excluding tert-OH is 1. The van der Waals surface area contributed by atoms with Gasteiger partial charge in [-0.3, -0.25) is 0 Å². The van der Waals surface area contributed by atoms with Crippen molar-refractivity contribution in [2.75, 3.05) is 14.2 Å². The van der Waals surface area contributed by atoms with Gasteiger partial charge in [0.05, 0.1) is 25.3 Å². The lowest BCUT2D eigenvalue weighted by atomic mass is 10.1. The van der Waals surface area contributed by atoms with Crippen LogP contribution in [0, 0.1) is 0 Å². The molecular formula is C23H22N2O3. The Labute approximate surface area is 163 Å². The van der Waals surface area contributed by atoms with Crippen LogP contribution in [0.3, 0.4) is 0 Å². The summed E-state index contributed by atoms with van der Waals surface area (Å²) >= 11 is 0. The normalized spacial score (nSPS) is 12.1. The van der Waals surface area contributed by atoms with E-state index in [2.05, 4.69) is 12.1 Å². The number of aromatic nitrogens is 2. The van der Waals surface area contributed by atoms with Crippen LogP contribution in [-0.4, -0.2) is 28.9 Å². The summed E-state index contributed by atoms with van der Waals surface area (Å²) in [7, 11) is 3.15. The van der Waals surface area contributed by atoms with Crippen LogP contribution in [-0.2, 0) is 6.54 Å². The first-order valence-corrected chi connectivity index (χ1v) is 9.11. The van der Waals surface area contributed by atoms with Gasteiger partial charge in [-0.05, 0) is 23.8 Å². The second-order valence-electron chi connectivity index (χ2n) is 6.52. The molecule has 5 heteroatoms. The second kappa shape index (κ2) is 7.74. The lowest BCUT2D eigenvalue weighted by Crippen LogP contribution is -2.12. The van der Waals surface area contributed by atoms with Gasteiger partial charge in [0.25, 0.3) is 0 Å². The minimum atomic E-state index is -0.957. The lowest BCUT2D eigenvalue weighted by Gasteiger charge is -2.18. The highest BCUT2D eigenvalue weighted by molar-refractivity contribution is 5.76. The Balaban J connectivity index is 1.86. The van der Waals surface area contributed by atoms with Crippen LogP contribution < -0.4 is 9.47 Å². The second-order valence-corrected chi connectivity index (χ2v) is 6.52. The summed E-state index contributed by atoms with van der Waals surface area (Å²) in [6.45, 7) is 0.611. The van der Waals surface area contributed by atoms with Gasteiger partial charge < -0.3 is 19.1 Å². The highest BCUT2D eigenvalue weighted by Crippen LogP contribution is 2.37. The van der Waals surface area contributed by atoms with Crippen molar-refractivity contribution < 1.29 is 14.6 Å². The Hall–Kier alpha value is -3.31. The Morgan fingerprint density at radius 2 is 1.64 bits per heavy atom. The van der Waals surface area contributed by atoms with Crippen molar-refractivity contribution in [2.45, 2.75) is 12.6 Å². The van der Waals surface area contributed by atoms with Crippen LogP contribution in [0.25, 0.3) is 11.0 Å². The van der Waals surface area contributed by atoms with E-state index in [4.69, 9.17) is 14.5 Å². The van der Waals surface area contributed by atoms with Crippen LogP contribution >= 0.6 is 0 Å². The van der Waals surface area contributed by atoms with Crippen LogP contribution in [0.5, 0.6) is 11.5 Å². The number of rotatable bonds is 6. The molecule has 0 bridgehead atoms. The molecule has 28 heavy (non-hydrogen) atoms. The molecular weight excluding hydrogens is 352 g/mol. The van der Waals surface area contributed by atoms with Crippen molar-refractivity contribution in [3.05, 3.63) is 89.7 Å². The predicted octanol–water partition coefficient (Wildman–Crippen LogP) is 4.18. The predicted molar refractivity (Wildman–Crippen MR) is 109 cm³/mol. The Kier molecular flexibility index (Phi) is 5.00. The highest BCUT2D eigenvalue weighted by atomic mass is 16.5. The molecule has 1 heterocycles. The van der Waals surface area contributed by atoms with Crippen molar-refractivity contribution >= 4 is 11.0 Å². The van der Waals surface area contributed by atoms with Gasteiger partial charge in [0.1, 0.15) is 11.9 Å². The van der Waals surface area contributed by atoms with E-state index in [9.17, 15) is 5.11 Å². The molecule has 1 atom stereocenters. The maximum Gasteiger partial charge on any atom is 0.166 e. The topological polar surface area (TPSA) is 56.5 Å². The van der Waals surface area contributed by atoms with Gasteiger partial charge in [0.15, 0.2) is 11.5 Å². The fourth-order valence-corrected chi connectivity index (χ4v) is 3.50. The summed E-state index contributed by atoms with van der Waals surface area (Å²) in [4.78, 5) is 4.73. The summed E-state index contributed by atoms with van der Waals surface area (Å²) < 4.78 is 13.0. The van der Waals surface area contributed by atoms with E-state index in [0.29, 0.717) is 29.4 Å². The first kappa shape index (κ1) is 18.1. The summed E-state index contributed by atoms with van der Waals surface area (Å²) in [5.74, 6) is 1.65. The van der Waals surface area contributed by atoms with Gasteiger partial charge in [-0.25, -0.2) is 4.98 Å². The maximum absolute atomic E-state index is 11.3. The highest BCUT2D eigenvalue weighted by Gasteiger charge is 2.24. The molecule has 0 aliphatic carbocycles. The molecule has 0 aliphatic rings. The molecule has 0 aliphatic heterocycles. The summed E-state index contributed by atoms with van der Waals surface area (Å²) in [5.41, 5.74) is 3.57. The number of imidazole rings is 1. The average molecular weight is 374 g/mol. The van der Waals surface area contributed by atoms with Gasteiger partial charge in [0, 0.05) is 12.1 Å². The van der Waals surface area contributed by atoms with Crippen molar-refractivity contribution in [1.29, 1.82) is 0 Å². The number of hydrogen-bond acceptors (Lipinski definition) is 4. The molecule has 5 nitrogen and oxygen atoms in total. The largest absolute Gasteiger partial charge is 0.493 e. The monoisotopic (exact) mass is 374 g/mol. The van der Waals surface area contributed by atoms with Crippen LogP contribution in [0.1, 0.15) is 23.1 Å². The third-order valence-electron chi connectivity index (χ3n) is 4.84. The van der Waals surface area contributed by atoms with E-state index in [1.54, 1.807) is 14.2 Å². The minimum Gasteiger partial charge on any atom is -0.493 e. The number of aliphatic hydroxyl groups is 1. The van der Waals surface area contributed by atoms with E-state index in [1.165, 1.54) is 0 Å².